The molecule has 0 bridgehead atoms. The van der Waals surface area contributed by atoms with E-state index in [0.29, 0.717) is 17.7 Å². The van der Waals surface area contributed by atoms with Crippen LogP contribution in [0.25, 0.3) is 11.1 Å². The topological polar surface area (TPSA) is 111 Å². The Morgan fingerprint density at radius 2 is 1.74 bits per heavy atom. The van der Waals surface area contributed by atoms with E-state index in [4.69, 9.17) is 9.88 Å². The van der Waals surface area contributed by atoms with Gasteiger partial charge in [-0.05, 0) is 59.9 Å². The zero-order valence-corrected chi connectivity index (χ0v) is 21.5. The van der Waals surface area contributed by atoms with Gasteiger partial charge in [0, 0.05) is 29.9 Å². The Morgan fingerprint density at radius 1 is 1.03 bits per heavy atom. The van der Waals surface area contributed by atoms with Crippen LogP contribution in [-0.2, 0) is 22.7 Å². The zero-order valence-electron chi connectivity index (χ0n) is 20.6. The first-order chi connectivity index (χ1) is 18.0. The average molecular weight is 548 g/mol. The third kappa shape index (κ3) is 6.35. The maximum atomic E-state index is 13.8. The number of anilines is 1. The number of sulfonamides is 1. The Labute approximate surface area is 219 Å². The van der Waals surface area contributed by atoms with Gasteiger partial charge >= 0.3 is 6.18 Å². The van der Waals surface area contributed by atoms with E-state index in [1.54, 1.807) is 12.1 Å². The van der Waals surface area contributed by atoms with E-state index in [-0.39, 0.29) is 33.5 Å². The maximum absolute atomic E-state index is 13.8. The van der Waals surface area contributed by atoms with Crippen molar-refractivity contribution in [2.24, 2.45) is 5.14 Å². The van der Waals surface area contributed by atoms with Crippen molar-refractivity contribution in [2.45, 2.75) is 49.3 Å². The summed E-state index contributed by atoms with van der Waals surface area (Å²) in [6, 6.07) is 14.1. The minimum absolute atomic E-state index is 0.0362. The number of halogens is 3. The van der Waals surface area contributed by atoms with E-state index in [9.17, 15) is 26.4 Å². The molecule has 0 unspecified atom stereocenters. The van der Waals surface area contributed by atoms with Crippen molar-refractivity contribution >= 4 is 21.6 Å². The Kier molecular flexibility index (Phi) is 8.10. The highest BCUT2D eigenvalue weighted by Crippen LogP contribution is 2.38. The van der Waals surface area contributed by atoms with Crippen LogP contribution in [-0.4, -0.2) is 27.5 Å². The molecule has 1 saturated carbocycles. The predicted octanol–water partition coefficient (Wildman–Crippen LogP) is 5.31. The fourth-order valence-corrected chi connectivity index (χ4v) is 5.36. The molecule has 0 heterocycles. The van der Waals surface area contributed by atoms with E-state index >= 15 is 0 Å². The molecule has 0 aliphatic heterocycles. The predicted molar refractivity (Wildman–Crippen MR) is 138 cm³/mol. The number of carbonyl (C=O) groups excluding carboxylic acids is 1. The van der Waals surface area contributed by atoms with Crippen LogP contribution in [0.4, 0.5) is 18.9 Å². The number of nitrogens with two attached hydrogens (primary N) is 1. The van der Waals surface area contributed by atoms with Crippen LogP contribution in [0.3, 0.4) is 0 Å². The van der Waals surface area contributed by atoms with Crippen LogP contribution in [0.5, 0.6) is 5.75 Å². The monoisotopic (exact) mass is 547 g/mol. The average Bonchev–Trinajstić information content (AvgIpc) is 3.40. The molecule has 7 nitrogen and oxygen atoms in total. The van der Waals surface area contributed by atoms with Crippen molar-refractivity contribution in [3.8, 4) is 16.9 Å². The number of primary sulfonamides is 1. The smallest absolute Gasteiger partial charge is 0.417 e. The molecule has 3 aromatic carbocycles. The number of methoxy groups -OCH3 is 1. The number of carbonyl (C=O) groups is 1. The zero-order chi connectivity index (χ0) is 27.5. The molecule has 0 aromatic heterocycles. The van der Waals surface area contributed by atoms with Crippen molar-refractivity contribution in [1.82, 2.24) is 5.32 Å². The fraction of sp³-hybridized carbons (Fsp3) is 0.296. The van der Waals surface area contributed by atoms with Crippen molar-refractivity contribution in [3.05, 3.63) is 77.4 Å². The lowest BCUT2D eigenvalue weighted by Gasteiger charge is -2.19. The lowest BCUT2D eigenvalue weighted by atomic mass is 9.93. The molecule has 4 N–H and O–H groups in total. The van der Waals surface area contributed by atoms with Gasteiger partial charge in [0.2, 0.25) is 10.0 Å². The number of alkyl halides is 3. The molecule has 0 spiro atoms. The summed E-state index contributed by atoms with van der Waals surface area (Å²) in [5.41, 5.74) is 0.731. The number of rotatable bonds is 8. The van der Waals surface area contributed by atoms with Gasteiger partial charge in [-0.25, -0.2) is 13.6 Å². The second kappa shape index (κ2) is 11.1. The number of hydrogen-bond donors (Lipinski definition) is 3. The molecule has 1 aliphatic rings. The molecular weight excluding hydrogens is 519 g/mol. The van der Waals surface area contributed by atoms with Crippen molar-refractivity contribution < 1.29 is 31.1 Å². The summed E-state index contributed by atoms with van der Waals surface area (Å²) in [4.78, 5) is 12.9. The fourth-order valence-electron chi connectivity index (χ4n) is 4.68. The quantitative estimate of drug-likeness (QED) is 0.354. The van der Waals surface area contributed by atoms with Gasteiger partial charge in [-0.3, -0.25) is 4.79 Å². The third-order valence-electron chi connectivity index (χ3n) is 6.55. The van der Waals surface area contributed by atoms with Crippen molar-refractivity contribution in [1.29, 1.82) is 0 Å². The molecule has 1 amide bonds. The first kappa shape index (κ1) is 27.6. The molecule has 202 valence electrons. The lowest BCUT2D eigenvalue weighted by Crippen LogP contribution is -2.26. The van der Waals surface area contributed by atoms with Crippen molar-refractivity contribution in [3.63, 3.8) is 0 Å². The Bertz CT molecular complexity index is 1440. The largest absolute Gasteiger partial charge is 0.495 e. The normalized spacial score (nSPS) is 14.4. The summed E-state index contributed by atoms with van der Waals surface area (Å²) < 4.78 is 69.9. The minimum atomic E-state index is -4.54. The Hall–Kier alpha value is -3.41. The summed E-state index contributed by atoms with van der Waals surface area (Å²) in [5, 5.41) is 11.3. The van der Waals surface area contributed by atoms with Gasteiger partial charge in [-0.2, -0.15) is 13.2 Å². The van der Waals surface area contributed by atoms with E-state index in [0.717, 1.165) is 31.7 Å². The Balaban J connectivity index is 1.67. The van der Waals surface area contributed by atoms with E-state index in [2.05, 4.69) is 10.6 Å². The van der Waals surface area contributed by atoms with Gasteiger partial charge in [-0.15, -0.1) is 0 Å². The Morgan fingerprint density at radius 3 is 2.39 bits per heavy atom. The minimum Gasteiger partial charge on any atom is -0.495 e. The van der Waals surface area contributed by atoms with Crippen molar-refractivity contribution in [2.75, 3.05) is 12.4 Å². The van der Waals surface area contributed by atoms with Crippen LogP contribution in [0.15, 0.2) is 65.6 Å². The molecule has 38 heavy (non-hydrogen) atoms. The van der Waals surface area contributed by atoms with E-state index in [1.165, 1.54) is 49.6 Å². The highest BCUT2D eigenvalue weighted by molar-refractivity contribution is 7.89. The van der Waals surface area contributed by atoms with Gasteiger partial charge in [0.15, 0.2) is 0 Å². The molecule has 0 radical (unpaired) electrons. The van der Waals surface area contributed by atoms with Gasteiger partial charge in [0.05, 0.1) is 12.7 Å². The highest BCUT2D eigenvalue weighted by atomic mass is 32.2. The van der Waals surface area contributed by atoms with E-state index in [1.807, 2.05) is 0 Å². The number of ether oxygens (including phenoxy) is 1. The van der Waals surface area contributed by atoms with Gasteiger partial charge < -0.3 is 15.4 Å². The standard InChI is InChI=1S/C27H28F3N3O4S/c1-37-24-15-20(11-13-25(24)38(31,35)36)33-26(34)17-10-12-21(18(14-17)16-32-19-6-2-3-7-19)22-8-4-5-9-23(22)27(28,29)30/h4-5,8-15,19,32H,2-3,6-7,16H2,1H3,(H,33,34)(H2,31,35,36). The molecule has 0 atom stereocenters. The highest BCUT2D eigenvalue weighted by Gasteiger charge is 2.34. The maximum Gasteiger partial charge on any atom is 0.417 e. The number of hydrogen-bond acceptors (Lipinski definition) is 5. The number of amides is 1. The first-order valence-corrected chi connectivity index (χ1v) is 13.6. The molecule has 3 aromatic rings. The summed E-state index contributed by atoms with van der Waals surface area (Å²) in [7, 11) is -2.76. The number of nitrogens with one attached hydrogen (secondary N) is 2. The summed E-state index contributed by atoms with van der Waals surface area (Å²) in [6.45, 7) is 0.296. The molecule has 1 fully saturated rings. The van der Waals surface area contributed by atoms with Gasteiger partial charge in [0.25, 0.3) is 5.91 Å². The third-order valence-corrected chi connectivity index (χ3v) is 7.50. The van der Waals surface area contributed by atoms with Gasteiger partial charge in [-0.1, -0.05) is 37.1 Å². The molecular formula is C27H28F3N3O4S. The summed E-state index contributed by atoms with van der Waals surface area (Å²) in [6.07, 6.45) is -0.365. The molecule has 1 aliphatic carbocycles. The summed E-state index contributed by atoms with van der Waals surface area (Å²) in [5.74, 6) is -0.556. The van der Waals surface area contributed by atoms with Crippen LogP contribution in [0, 0.1) is 0 Å². The molecule has 4 rings (SSSR count). The van der Waals surface area contributed by atoms with E-state index < -0.39 is 27.7 Å². The van der Waals surface area contributed by atoms with Crippen LogP contribution < -0.4 is 20.5 Å². The second-order valence-corrected chi connectivity index (χ2v) is 10.7. The summed E-state index contributed by atoms with van der Waals surface area (Å²) >= 11 is 0. The molecule has 11 heteroatoms. The molecule has 0 saturated heterocycles. The number of benzene rings is 3. The van der Waals surface area contributed by atoms with Crippen LogP contribution in [0.1, 0.15) is 47.2 Å². The second-order valence-electron chi connectivity index (χ2n) is 9.14. The first-order valence-electron chi connectivity index (χ1n) is 12.0. The van der Waals surface area contributed by atoms with Crippen LogP contribution in [0.2, 0.25) is 0 Å². The van der Waals surface area contributed by atoms with Gasteiger partial charge in [0.1, 0.15) is 10.6 Å². The lowest BCUT2D eigenvalue weighted by molar-refractivity contribution is -0.137. The SMILES string of the molecule is COc1cc(NC(=O)c2ccc(-c3ccccc3C(F)(F)F)c(CNC3CCCC3)c2)ccc1S(N)(=O)=O. The van der Waals surface area contributed by atoms with Crippen LogP contribution >= 0.6 is 0 Å².